The Hall–Kier alpha value is -0.790. The normalized spacial score (nSPS) is 34.4. The molecule has 0 heterocycles. The van der Waals surface area contributed by atoms with Crippen molar-refractivity contribution in [2.24, 2.45) is 23.2 Å². The molecule has 2 nitrogen and oxygen atoms in total. The highest BCUT2D eigenvalue weighted by atomic mass is 16.4. The number of hydrogen-bond acceptors (Lipinski definition) is 1. The van der Waals surface area contributed by atoms with Gasteiger partial charge in [-0.3, -0.25) is 0 Å². The SMILES string of the molecule is CC(C)(C)C(=CC1CC2CCC1C2)C(=O)O. The summed E-state index contributed by atoms with van der Waals surface area (Å²) in [6.07, 6.45) is 7.29. The standard InChI is InChI=1S/C14H22O2/c1-14(2,3)12(13(15)16)8-11-7-9-4-5-10(11)6-9/h8-11H,4-7H2,1-3H3,(H,15,16). The van der Waals surface area contributed by atoms with Gasteiger partial charge >= 0.3 is 5.97 Å². The Morgan fingerprint density at radius 3 is 2.31 bits per heavy atom. The Morgan fingerprint density at radius 2 is 1.94 bits per heavy atom. The van der Waals surface area contributed by atoms with Crippen LogP contribution in [0.4, 0.5) is 0 Å². The maximum absolute atomic E-state index is 11.3. The minimum absolute atomic E-state index is 0.242. The molecule has 2 aliphatic carbocycles. The highest BCUT2D eigenvalue weighted by Crippen LogP contribution is 2.49. The summed E-state index contributed by atoms with van der Waals surface area (Å²) >= 11 is 0. The molecule has 2 heteroatoms. The van der Waals surface area contributed by atoms with Crippen LogP contribution in [0.1, 0.15) is 46.5 Å². The van der Waals surface area contributed by atoms with Gasteiger partial charge in [0.2, 0.25) is 0 Å². The van der Waals surface area contributed by atoms with Crippen LogP contribution in [0.5, 0.6) is 0 Å². The number of carboxylic acid groups (broad SMARTS) is 1. The molecule has 2 aliphatic rings. The fraction of sp³-hybridized carbons (Fsp3) is 0.786. The van der Waals surface area contributed by atoms with E-state index in [1.807, 2.05) is 20.8 Å². The summed E-state index contributed by atoms with van der Waals surface area (Å²) < 4.78 is 0. The first kappa shape index (κ1) is 11.7. The van der Waals surface area contributed by atoms with Gasteiger partial charge in [-0.1, -0.05) is 33.3 Å². The molecule has 0 amide bonds. The Kier molecular flexibility index (Phi) is 2.85. The second-order valence-electron chi connectivity index (χ2n) is 6.47. The van der Waals surface area contributed by atoms with Gasteiger partial charge < -0.3 is 5.11 Å². The van der Waals surface area contributed by atoms with Crippen LogP contribution in [0.2, 0.25) is 0 Å². The molecule has 2 fully saturated rings. The van der Waals surface area contributed by atoms with Crippen molar-refractivity contribution in [3.63, 3.8) is 0 Å². The van der Waals surface area contributed by atoms with Crippen LogP contribution in [0.15, 0.2) is 11.6 Å². The minimum Gasteiger partial charge on any atom is -0.478 e. The van der Waals surface area contributed by atoms with Crippen LogP contribution in [-0.2, 0) is 4.79 Å². The second kappa shape index (κ2) is 3.90. The lowest BCUT2D eigenvalue weighted by molar-refractivity contribution is -0.133. The minimum atomic E-state index is -0.740. The van der Waals surface area contributed by atoms with Crippen LogP contribution in [-0.4, -0.2) is 11.1 Å². The predicted octanol–water partition coefficient (Wildman–Crippen LogP) is 3.48. The topological polar surface area (TPSA) is 37.3 Å². The number of allylic oxidation sites excluding steroid dienone is 1. The van der Waals surface area contributed by atoms with Gasteiger partial charge in [0, 0.05) is 5.57 Å². The van der Waals surface area contributed by atoms with Crippen molar-refractivity contribution >= 4 is 5.97 Å². The molecule has 0 saturated heterocycles. The number of fused-ring (bicyclic) bond motifs is 2. The quantitative estimate of drug-likeness (QED) is 0.726. The zero-order valence-electron chi connectivity index (χ0n) is 10.5. The van der Waals surface area contributed by atoms with E-state index in [1.165, 1.54) is 25.7 Å². The number of aliphatic carboxylic acids is 1. The highest BCUT2D eigenvalue weighted by Gasteiger charge is 2.39. The Morgan fingerprint density at radius 1 is 1.25 bits per heavy atom. The van der Waals surface area contributed by atoms with Gasteiger partial charge in [0.1, 0.15) is 0 Å². The van der Waals surface area contributed by atoms with E-state index in [-0.39, 0.29) is 5.41 Å². The molecular weight excluding hydrogens is 200 g/mol. The summed E-state index contributed by atoms with van der Waals surface area (Å²) in [5.74, 6) is 1.43. The van der Waals surface area contributed by atoms with Crippen molar-refractivity contribution in [3.05, 3.63) is 11.6 Å². The molecule has 3 unspecified atom stereocenters. The van der Waals surface area contributed by atoms with Crippen molar-refractivity contribution in [1.82, 2.24) is 0 Å². The molecule has 0 aromatic heterocycles. The molecular formula is C14H22O2. The lowest BCUT2D eigenvalue weighted by Crippen LogP contribution is -2.20. The van der Waals surface area contributed by atoms with E-state index in [2.05, 4.69) is 6.08 Å². The molecule has 2 saturated carbocycles. The maximum atomic E-state index is 11.3. The van der Waals surface area contributed by atoms with Gasteiger partial charge in [0.05, 0.1) is 0 Å². The molecule has 0 radical (unpaired) electrons. The van der Waals surface area contributed by atoms with E-state index >= 15 is 0 Å². The largest absolute Gasteiger partial charge is 0.478 e. The van der Waals surface area contributed by atoms with E-state index in [0.717, 1.165) is 11.8 Å². The van der Waals surface area contributed by atoms with Gasteiger partial charge in [0.15, 0.2) is 0 Å². The van der Waals surface area contributed by atoms with Crippen LogP contribution in [0.25, 0.3) is 0 Å². The third-order valence-electron chi connectivity index (χ3n) is 4.21. The Bertz CT molecular complexity index is 322. The average molecular weight is 222 g/mol. The molecule has 0 aliphatic heterocycles. The van der Waals surface area contributed by atoms with Crippen molar-refractivity contribution in [2.45, 2.75) is 46.5 Å². The van der Waals surface area contributed by atoms with Crippen molar-refractivity contribution in [3.8, 4) is 0 Å². The zero-order valence-corrected chi connectivity index (χ0v) is 10.5. The van der Waals surface area contributed by atoms with Gasteiger partial charge in [-0.25, -0.2) is 4.79 Å². The monoisotopic (exact) mass is 222 g/mol. The lowest BCUT2D eigenvalue weighted by Gasteiger charge is -2.24. The van der Waals surface area contributed by atoms with Crippen molar-refractivity contribution < 1.29 is 9.90 Å². The molecule has 90 valence electrons. The summed E-state index contributed by atoms with van der Waals surface area (Å²) in [4.78, 5) is 11.3. The number of hydrogen-bond donors (Lipinski definition) is 1. The van der Waals surface area contributed by atoms with Crippen LogP contribution < -0.4 is 0 Å². The van der Waals surface area contributed by atoms with Crippen molar-refractivity contribution in [1.29, 1.82) is 0 Å². The smallest absolute Gasteiger partial charge is 0.331 e. The van der Waals surface area contributed by atoms with Gasteiger partial charge in [-0.15, -0.1) is 0 Å². The first-order chi connectivity index (χ1) is 7.38. The number of carboxylic acids is 1. The van der Waals surface area contributed by atoms with E-state index in [0.29, 0.717) is 11.5 Å². The number of carbonyl (C=O) groups is 1. The van der Waals surface area contributed by atoms with E-state index in [4.69, 9.17) is 0 Å². The third kappa shape index (κ3) is 2.16. The third-order valence-corrected chi connectivity index (χ3v) is 4.21. The first-order valence-electron chi connectivity index (χ1n) is 6.33. The first-order valence-corrected chi connectivity index (χ1v) is 6.33. The fourth-order valence-electron chi connectivity index (χ4n) is 3.35. The summed E-state index contributed by atoms with van der Waals surface area (Å²) in [6.45, 7) is 5.96. The molecule has 0 spiro atoms. The second-order valence-corrected chi connectivity index (χ2v) is 6.47. The van der Waals surface area contributed by atoms with Gasteiger partial charge in [-0.2, -0.15) is 0 Å². The summed E-state index contributed by atoms with van der Waals surface area (Å²) in [7, 11) is 0. The van der Waals surface area contributed by atoms with Crippen LogP contribution in [0.3, 0.4) is 0 Å². The molecule has 3 atom stereocenters. The molecule has 2 bridgehead atoms. The lowest BCUT2D eigenvalue weighted by atomic mass is 9.80. The van der Waals surface area contributed by atoms with E-state index in [9.17, 15) is 9.90 Å². The van der Waals surface area contributed by atoms with Crippen LogP contribution >= 0.6 is 0 Å². The number of rotatable bonds is 2. The molecule has 16 heavy (non-hydrogen) atoms. The predicted molar refractivity (Wildman–Crippen MR) is 64.1 cm³/mol. The fourth-order valence-corrected chi connectivity index (χ4v) is 3.35. The van der Waals surface area contributed by atoms with Gasteiger partial charge in [-0.05, 0) is 42.4 Å². The molecule has 1 N–H and O–H groups in total. The Labute approximate surface area is 97.7 Å². The maximum Gasteiger partial charge on any atom is 0.331 e. The highest BCUT2D eigenvalue weighted by molar-refractivity contribution is 5.88. The summed E-state index contributed by atoms with van der Waals surface area (Å²) in [6, 6.07) is 0. The average Bonchev–Trinajstić information content (AvgIpc) is 2.72. The van der Waals surface area contributed by atoms with Gasteiger partial charge in [0.25, 0.3) is 0 Å². The summed E-state index contributed by atoms with van der Waals surface area (Å²) in [5, 5.41) is 9.27. The zero-order chi connectivity index (χ0) is 11.9. The van der Waals surface area contributed by atoms with E-state index in [1.54, 1.807) is 0 Å². The molecule has 0 aromatic carbocycles. The summed E-state index contributed by atoms with van der Waals surface area (Å²) in [5.41, 5.74) is 0.360. The molecule has 0 aromatic rings. The molecule has 2 rings (SSSR count). The Balaban J connectivity index is 2.17. The van der Waals surface area contributed by atoms with E-state index < -0.39 is 5.97 Å². The van der Waals surface area contributed by atoms with Crippen molar-refractivity contribution in [2.75, 3.05) is 0 Å². The van der Waals surface area contributed by atoms with Crippen LogP contribution in [0, 0.1) is 23.2 Å².